The minimum Gasteiger partial charge on any atom is -0.493 e. The summed E-state index contributed by atoms with van der Waals surface area (Å²) in [6, 6.07) is 12.5. The van der Waals surface area contributed by atoms with Gasteiger partial charge < -0.3 is 14.8 Å². The molecule has 0 spiro atoms. The van der Waals surface area contributed by atoms with Crippen molar-refractivity contribution in [3.63, 3.8) is 0 Å². The van der Waals surface area contributed by atoms with Gasteiger partial charge in [-0.15, -0.1) is 0 Å². The first kappa shape index (κ1) is 18.8. The molecular formula is C21H19ClN2O3. The molecule has 2 aromatic carbocycles. The Hall–Kier alpha value is -2.97. The summed E-state index contributed by atoms with van der Waals surface area (Å²) < 4.78 is 11.5. The lowest BCUT2D eigenvalue weighted by molar-refractivity contribution is -0.112. The summed E-state index contributed by atoms with van der Waals surface area (Å²) in [6.07, 6.45) is 2.40. The van der Waals surface area contributed by atoms with E-state index in [-0.39, 0.29) is 11.7 Å². The van der Waals surface area contributed by atoms with Crippen molar-refractivity contribution in [2.24, 2.45) is 0 Å². The van der Waals surface area contributed by atoms with E-state index in [0.717, 1.165) is 17.7 Å². The van der Waals surface area contributed by atoms with Gasteiger partial charge in [0, 0.05) is 17.5 Å². The van der Waals surface area contributed by atoms with Gasteiger partial charge in [0.1, 0.15) is 29.2 Å². The Balaban J connectivity index is 1.93. The van der Waals surface area contributed by atoms with Crippen LogP contribution in [0.15, 0.2) is 42.0 Å². The molecule has 5 nitrogen and oxygen atoms in total. The average Bonchev–Trinajstić information content (AvgIpc) is 3.00. The number of rotatable bonds is 5. The van der Waals surface area contributed by atoms with Crippen LogP contribution in [0.4, 0.5) is 5.69 Å². The topological polar surface area (TPSA) is 71.3 Å². The molecule has 0 saturated carbocycles. The highest BCUT2D eigenvalue weighted by Gasteiger charge is 2.22. The number of anilines is 1. The van der Waals surface area contributed by atoms with Crippen LogP contribution in [0.1, 0.15) is 25.0 Å². The third-order valence-corrected chi connectivity index (χ3v) is 4.44. The molecule has 1 heterocycles. The second-order valence-corrected chi connectivity index (χ2v) is 6.57. The summed E-state index contributed by atoms with van der Waals surface area (Å²) in [5.74, 6) is 0.830. The third-order valence-electron chi connectivity index (χ3n) is 4.12. The molecule has 1 aliphatic rings. The van der Waals surface area contributed by atoms with Crippen LogP contribution in [-0.2, 0) is 11.2 Å². The van der Waals surface area contributed by atoms with Crippen LogP contribution in [0.25, 0.3) is 6.08 Å². The first-order valence-corrected chi connectivity index (χ1v) is 9.03. The van der Waals surface area contributed by atoms with Gasteiger partial charge in [0.05, 0.1) is 17.3 Å². The molecule has 3 rings (SSSR count). The first-order valence-electron chi connectivity index (χ1n) is 8.65. The summed E-state index contributed by atoms with van der Waals surface area (Å²) >= 11 is 6.07. The van der Waals surface area contributed by atoms with Gasteiger partial charge in [-0.3, -0.25) is 4.79 Å². The molecule has 27 heavy (non-hydrogen) atoms. The van der Waals surface area contributed by atoms with Gasteiger partial charge in [0.15, 0.2) is 0 Å². The molecule has 1 N–H and O–H groups in total. The number of ether oxygens (including phenoxy) is 2. The monoisotopic (exact) mass is 382 g/mol. The van der Waals surface area contributed by atoms with Gasteiger partial charge in [-0.05, 0) is 44.2 Å². The SMILES string of the molecule is CCOc1cc2c(cc1C=C(C#N)C(=O)Nc1ccccc1Cl)OC(C)C2. The van der Waals surface area contributed by atoms with Crippen LogP contribution in [-0.4, -0.2) is 18.6 Å². The van der Waals surface area contributed by atoms with Gasteiger partial charge in [-0.25, -0.2) is 0 Å². The number of fused-ring (bicyclic) bond motifs is 1. The minimum absolute atomic E-state index is 0.0538. The largest absolute Gasteiger partial charge is 0.493 e. The van der Waals surface area contributed by atoms with Crippen LogP contribution in [0.3, 0.4) is 0 Å². The van der Waals surface area contributed by atoms with Gasteiger partial charge in [-0.1, -0.05) is 23.7 Å². The predicted octanol–water partition coefficient (Wildman–Crippen LogP) is 4.61. The molecule has 1 atom stereocenters. The van der Waals surface area contributed by atoms with Gasteiger partial charge >= 0.3 is 0 Å². The molecule has 0 fully saturated rings. The first-order chi connectivity index (χ1) is 13.0. The number of nitrogens with zero attached hydrogens (tertiary/aromatic N) is 1. The number of hydrogen-bond acceptors (Lipinski definition) is 4. The number of halogens is 1. The molecule has 1 amide bonds. The van der Waals surface area contributed by atoms with Crippen molar-refractivity contribution in [3.8, 4) is 17.6 Å². The van der Waals surface area contributed by atoms with Crippen LogP contribution in [0.2, 0.25) is 5.02 Å². The lowest BCUT2D eigenvalue weighted by atomic mass is 10.0. The fraction of sp³-hybridized carbons (Fsp3) is 0.238. The fourth-order valence-electron chi connectivity index (χ4n) is 2.90. The molecule has 1 unspecified atom stereocenters. The summed E-state index contributed by atoms with van der Waals surface area (Å²) in [6.45, 7) is 4.35. The van der Waals surface area contributed by atoms with Crippen molar-refractivity contribution in [1.82, 2.24) is 0 Å². The zero-order valence-electron chi connectivity index (χ0n) is 15.1. The Morgan fingerprint density at radius 2 is 2.22 bits per heavy atom. The second kappa shape index (κ2) is 8.15. The Morgan fingerprint density at radius 1 is 1.44 bits per heavy atom. The normalized spacial score (nSPS) is 15.5. The van der Waals surface area contributed by atoms with E-state index in [4.69, 9.17) is 21.1 Å². The van der Waals surface area contributed by atoms with Gasteiger partial charge in [0.25, 0.3) is 5.91 Å². The predicted molar refractivity (Wildman–Crippen MR) is 105 cm³/mol. The van der Waals surface area contributed by atoms with E-state index < -0.39 is 5.91 Å². The molecule has 138 valence electrons. The molecular weight excluding hydrogens is 364 g/mol. The lowest BCUT2D eigenvalue weighted by Crippen LogP contribution is -2.13. The highest BCUT2D eigenvalue weighted by molar-refractivity contribution is 6.34. The van der Waals surface area contributed by atoms with Crippen LogP contribution < -0.4 is 14.8 Å². The lowest BCUT2D eigenvalue weighted by Gasteiger charge is -2.11. The molecule has 0 saturated heterocycles. The second-order valence-electron chi connectivity index (χ2n) is 6.17. The third kappa shape index (κ3) is 4.24. The van der Waals surface area contributed by atoms with E-state index >= 15 is 0 Å². The average molecular weight is 383 g/mol. The Labute approximate surface area is 163 Å². The van der Waals surface area contributed by atoms with Crippen molar-refractivity contribution in [2.75, 3.05) is 11.9 Å². The van der Waals surface area contributed by atoms with E-state index in [2.05, 4.69) is 5.32 Å². The quantitative estimate of drug-likeness (QED) is 0.605. The summed E-state index contributed by atoms with van der Waals surface area (Å²) in [5.41, 5.74) is 2.07. The van der Waals surface area contributed by atoms with Crippen LogP contribution in [0, 0.1) is 11.3 Å². The highest BCUT2D eigenvalue weighted by Crippen LogP contribution is 2.36. The van der Waals surface area contributed by atoms with Gasteiger partial charge in [-0.2, -0.15) is 5.26 Å². The summed E-state index contributed by atoms with van der Waals surface area (Å²) in [4.78, 5) is 12.5. The van der Waals surface area contributed by atoms with Crippen molar-refractivity contribution in [1.29, 1.82) is 5.26 Å². The zero-order valence-corrected chi connectivity index (χ0v) is 15.8. The zero-order chi connectivity index (χ0) is 19.4. The van der Waals surface area contributed by atoms with Crippen molar-refractivity contribution < 1.29 is 14.3 Å². The number of nitrogens with one attached hydrogen (secondary N) is 1. The molecule has 0 radical (unpaired) electrons. The highest BCUT2D eigenvalue weighted by atomic mass is 35.5. The fourth-order valence-corrected chi connectivity index (χ4v) is 3.09. The maximum atomic E-state index is 12.5. The van der Waals surface area contributed by atoms with E-state index in [1.165, 1.54) is 6.08 Å². The minimum atomic E-state index is -0.539. The molecule has 6 heteroatoms. The summed E-state index contributed by atoms with van der Waals surface area (Å²) in [5, 5.41) is 12.5. The standard InChI is InChI=1S/C21H19ClN2O3/c1-3-26-19-10-14-8-13(2)27-20(14)11-15(19)9-16(12-23)21(25)24-18-7-5-4-6-17(18)22/h4-7,9-11,13H,3,8H2,1-2H3,(H,24,25). The number of amides is 1. The van der Waals surface area contributed by atoms with E-state index in [1.54, 1.807) is 24.3 Å². The number of nitriles is 1. The molecule has 0 aromatic heterocycles. The van der Waals surface area contributed by atoms with Crippen molar-refractivity contribution in [3.05, 3.63) is 58.1 Å². The molecule has 0 aliphatic carbocycles. The number of carbonyl (C=O) groups excluding carboxylic acids is 1. The van der Waals surface area contributed by atoms with Crippen molar-refractivity contribution in [2.45, 2.75) is 26.4 Å². The van der Waals surface area contributed by atoms with E-state index in [1.807, 2.05) is 32.0 Å². The smallest absolute Gasteiger partial charge is 0.266 e. The number of hydrogen-bond donors (Lipinski definition) is 1. The maximum Gasteiger partial charge on any atom is 0.266 e. The van der Waals surface area contributed by atoms with Crippen LogP contribution >= 0.6 is 11.6 Å². The Bertz CT molecular complexity index is 947. The van der Waals surface area contributed by atoms with Crippen molar-refractivity contribution >= 4 is 29.3 Å². The Kier molecular flexibility index (Phi) is 5.68. The maximum absolute atomic E-state index is 12.5. The van der Waals surface area contributed by atoms with E-state index in [9.17, 15) is 10.1 Å². The summed E-state index contributed by atoms with van der Waals surface area (Å²) in [7, 11) is 0. The Morgan fingerprint density at radius 3 is 2.93 bits per heavy atom. The van der Waals surface area contributed by atoms with Crippen LogP contribution in [0.5, 0.6) is 11.5 Å². The molecule has 1 aliphatic heterocycles. The van der Waals surface area contributed by atoms with Gasteiger partial charge in [0.2, 0.25) is 0 Å². The number of para-hydroxylation sites is 1. The number of benzene rings is 2. The molecule has 0 bridgehead atoms. The number of carbonyl (C=O) groups is 1. The van der Waals surface area contributed by atoms with E-state index in [0.29, 0.717) is 28.6 Å². The molecule has 2 aromatic rings.